The van der Waals surface area contributed by atoms with Crippen molar-refractivity contribution in [2.75, 3.05) is 39.6 Å². The maximum Gasteiger partial charge on any atom is 0.337 e. The average molecular weight is 281 g/mol. The number of anilines is 1. The van der Waals surface area contributed by atoms with Crippen LogP contribution in [0, 0.1) is 0 Å². The van der Waals surface area contributed by atoms with Crippen LogP contribution in [-0.4, -0.2) is 56.3 Å². The zero-order valence-corrected chi connectivity index (χ0v) is 11.8. The zero-order valence-electron chi connectivity index (χ0n) is 11.8. The monoisotopic (exact) mass is 281 g/mol. The summed E-state index contributed by atoms with van der Waals surface area (Å²) in [6.45, 7) is 1.17. The fraction of sp³-hybridized carbons (Fsp3) is 0.385. The SMILES string of the molecule is CNCCN(C)C(=O)Nc1ccc(OC)cc1C(=O)O. The second-order valence-corrected chi connectivity index (χ2v) is 4.17. The van der Waals surface area contributed by atoms with Crippen molar-refractivity contribution in [2.24, 2.45) is 0 Å². The predicted octanol–water partition coefficient (Wildman–Crippen LogP) is 1.08. The van der Waals surface area contributed by atoms with Gasteiger partial charge in [-0.25, -0.2) is 9.59 Å². The molecule has 1 rings (SSSR count). The van der Waals surface area contributed by atoms with Crippen LogP contribution in [0.15, 0.2) is 18.2 Å². The van der Waals surface area contributed by atoms with Gasteiger partial charge in [0.05, 0.1) is 18.4 Å². The van der Waals surface area contributed by atoms with Gasteiger partial charge in [-0.2, -0.15) is 0 Å². The van der Waals surface area contributed by atoms with E-state index in [-0.39, 0.29) is 17.3 Å². The minimum absolute atomic E-state index is 0.0142. The summed E-state index contributed by atoms with van der Waals surface area (Å²) in [7, 11) is 4.87. The molecule has 0 bridgehead atoms. The van der Waals surface area contributed by atoms with E-state index in [9.17, 15) is 9.59 Å². The number of hydrogen-bond acceptors (Lipinski definition) is 4. The maximum atomic E-state index is 11.9. The number of carbonyl (C=O) groups excluding carboxylic acids is 1. The molecule has 0 radical (unpaired) electrons. The number of rotatable bonds is 6. The van der Waals surface area contributed by atoms with Gasteiger partial charge in [0.25, 0.3) is 0 Å². The highest BCUT2D eigenvalue weighted by Crippen LogP contribution is 2.22. The fourth-order valence-electron chi connectivity index (χ4n) is 1.53. The van der Waals surface area contributed by atoms with E-state index in [4.69, 9.17) is 9.84 Å². The molecule has 0 aliphatic heterocycles. The molecule has 0 aromatic heterocycles. The number of nitrogens with zero attached hydrogens (tertiary/aromatic N) is 1. The van der Waals surface area contributed by atoms with E-state index >= 15 is 0 Å². The van der Waals surface area contributed by atoms with Crippen molar-refractivity contribution in [3.63, 3.8) is 0 Å². The molecule has 0 fully saturated rings. The van der Waals surface area contributed by atoms with Crippen LogP contribution in [0.2, 0.25) is 0 Å². The Hall–Kier alpha value is -2.28. The van der Waals surface area contributed by atoms with Crippen LogP contribution in [0.3, 0.4) is 0 Å². The van der Waals surface area contributed by atoms with E-state index in [1.54, 1.807) is 20.2 Å². The lowest BCUT2D eigenvalue weighted by molar-refractivity contribution is 0.0697. The number of methoxy groups -OCH3 is 1. The molecule has 110 valence electrons. The van der Waals surface area contributed by atoms with E-state index in [0.717, 1.165) is 0 Å². The molecule has 0 aliphatic rings. The van der Waals surface area contributed by atoms with E-state index in [0.29, 0.717) is 18.8 Å². The number of carbonyl (C=O) groups is 2. The molecule has 0 unspecified atom stereocenters. The minimum Gasteiger partial charge on any atom is -0.497 e. The first kappa shape index (κ1) is 15.8. The van der Waals surface area contributed by atoms with Crippen molar-refractivity contribution in [3.8, 4) is 5.75 Å². The summed E-state index contributed by atoms with van der Waals surface area (Å²) in [5.74, 6) is -0.707. The van der Waals surface area contributed by atoms with Crippen LogP contribution < -0.4 is 15.4 Å². The lowest BCUT2D eigenvalue weighted by Crippen LogP contribution is -2.36. The van der Waals surface area contributed by atoms with E-state index in [1.807, 2.05) is 0 Å². The quantitative estimate of drug-likeness (QED) is 0.725. The molecule has 3 N–H and O–H groups in total. The van der Waals surface area contributed by atoms with Crippen LogP contribution in [0.4, 0.5) is 10.5 Å². The topological polar surface area (TPSA) is 90.9 Å². The van der Waals surface area contributed by atoms with Crippen molar-refractivity contribution < 1.29 is 19.4 Å². The number of amides is 2. The molecular formula is C13H19N3O4. The van der Waals surface area contributed by atoms with E-state index in [2.05, 4.69) is 10.6 Å². The number of urea groups is 1. The second-order valence-electron chi connectivity index (χ2n) is 4.17. The van der Waals surface area contributed by atoms with Crippen LogP contribution in [-0.2, 0) is 0 Å². The molecule has 1 aromatic rings. The Morgan fingerprint density at radius 1 is 1.40 bits per heavy atom. The van der Waals surface area contributed by atoms with Crippen molar-refractivity contribution >= 4 is 17.7 Å². The van der Waals surface area contributed by atoms with Gasteiger partial charge >= 0.3 is 12.0 Å². The largest absolute Gasteiger partial charge is 0.497 e. The third kappa shape index (κ3) is 4.13. The molecule has 0 atom stereocenters. The summed E-state index contributed by atoms with van der Waals surface area (Å²) in [6.07, 6.45) is 0. The molecule has 0 saturated carbocycles. The Morgan fingerprint density at radius 3 is 2.65 bits per heavy atom. The molecule has 0 aliphatic carbocycles. The van der Waals surface area contributed by atoms with E-state index in [1.165, 1.54) is 24.1 Å². The smallest absolute Gasteiger partial charge is 0.337 e. The van der Waals surface area contributed by atoms with Gasteiger partial charge in [0, 0.05) is 20.1 Å². The lowest BCUT2D eigenvalue weighted by atomic mass is 10.1. The third-order valence-corrected chi connectivity index (χ3v) is 2.74. The highest BCUT2D eigenvalue weighted by Gasteiger charge is 2.15. The Kier molecular flexibility index (Phi) is 5.79. The standard InChI is InChI=1S/C13H19N3O4/c1-14-6-7-16(2)13(19)15-11-5-4-9(20-3)8-10(11)12(17)18/h4-5,8,14H,6-7H2,1-3H3,(H,15,19)(H,17,18). The highest BCUT2D eigenvalue weighted by atomic mass is 16.5. The van der Waals surface area contributed by atoms with Gasteiger partial charge in [-0.3, -0.25) is 0 Å². The third-order valence-electron chi connectivity index (χ3n) is 2.74. The first-order valence-corrected chi connectivity index (χ1v) is 6.07. The minimum atomic E-state index is -1.13. The van der Waals surface area contributed by atoms with Crippen molar-refractivity contribution in [1.82, 2.24) is 10.2 Å². The number of hydrogen-bond donors (Lipinski definition) is 3. The Bertz CT molecular complexity index is 491. The van der Waals surface area contributed by atoms with Gasteiger partial charge in [0.15, 0.2) is 0 Å². The normalized spacial score (nSPS) is 9.95. The number of likely N-dealkylation sites (N-methyl/N-ethyl adjacent to an activating group) is 2. The van der Waals surface area contributed by atoms with Crippen LogP contribution in [0.25, 0.3) is 0 Å². The molecule has 0 saturated heterocycles. The van der Waals surface area contributed by atoms with Gasteiger partial charge in [0.1, 0.15) is 5.75 Å². The summed E-state index contributed by atoms with van der Waals surface area (Å²) < 4.78 is 4.97. The number of aromatic carboxylic acids is 1. The van der Waals surface area contributed by atoms with Gasteiger partial charge in [-0.05, 0) is 25.2 Å². The maximum absolute atomic E-state index is 11.9. The van der Waals surface area contributed by atoms with Crippen LogP contribution in [0.5, 0.6) is 5.75 Å². The first-order valence-electron chi connectivity index (χ1n) is 6.07. The first-order chi connectivity index (χ1) is 9.49. The molecule has 20 heavy (non-hydrogen) atoms. The summed E-state index contributed by atoms with van der Waals surface area (Å²) in [5.41, 5.74) is 0.222. The van der Waals surface area contributed by atoms with Gasteiger partial charge in [0.2, 0.25) is 0 Å². The molecular weight excluding hydrogens is 262 g/mol. The molecule has 0 spiro atoms. The molecule has 2 amide bonds. The van der Waals surface area contributed by atoms with Gasteiger partial charge < -0.3 is 25.4 Å². The average Bonchev–Trinajstić information content (AvgIpc) is 2.44. The van der Waals surface area contributed by atoms with Crippen LogP contribution in [0.1, 0.15) is 10.4 Å². The van der Waals surface area contributed by atoms with Gasteiger partial charge in [-0.15, -0.1) is 0 Å². The molecule has 7 nitrogen and oxygen atoms in total. The molecule has 7 heteroatoms. The van der Waals surface area contributed by atoms with Crippen molar-refractivity contribution in [2.45, 2.75) is 0 Å². The lowest BCUT2D eigenvalue weighted by Gasteiger charge is -2.18. The Balaban J connectivity index is 2.86. The number of ether oxygens (including phenoxy) is 1. The van der Waals surface area contributed by atoms with Gasteiger partial charge in [-0.1, -0.05) is 0 Å². The summed E-state index contributed by atoms with van der Waals surface area (Å²) in [4.78, 5) is 24.6. The summed E-state index contributed by atoms with van der Waals surface area (Å²) >= 11 is 0. The predicted molar refractivity (Wildman–Crippen MR) is 75.5 cm³/mol. The Morgan fingerprint density at radius 2 is 2.10 bits per heavy atom. The number of benzene rings is 1. The summed E-state index contributed by atoms with van der Waals surface area (Å²) in [5, 5.41) is 14.7. The molecule has 0 heterocycles. The van der Waals surface area contributed by atoms with Crippen molar-refractivity contribution in [1.29, 1.82) is 0 Å². The zero-order chi connectivity index (χ0) is 15.1. The molecule has 1 aromatic carbocycles. The number of carboxylic acids is 1. The fourth-order valence-corrected chi connectivity index (χ4v) is 1.53. The Labute approximate surface area is 117 Å². The summed E-state index contributed by atoms with van der Waals surface area (Å²) in [6, 6.07) is 4.10. The van der Waals surface area contributed by atoms with E-state index < -0.39 is 5.97 Å². The second kappa shape index (κ2) is 7.34. The van der Waals surface area contributed by atoms with Crippen LogP contribution >= 0.6 is 0 Å². The van der Waals surface area contributed by atoms with Crippen molar-refractivity contribution in [3.05, 3.63) is 23.8 Å². The number of nitrogens with one attached hydrogen (secondary N) is 2. The highest BCUT2D eigenvalue weighted by molar-refractivity contribution is 6.00. The number of carboxylic acid groups (broad SMARTS) is 1.